The normalized spacial score (nSPS) is 37.0. The number of carbonyl (C=O) groups is 1. The van der Waals surface area contributed by atoms with Gasteiger partial charge in [0, 0.05) is 18.5 Å². The van der Waals surface area contributed by atoms with Gasteiger partial charge in [-0.25, -0.2) is 4.79 Å². The molecule has 3 nitrogen and oxygen atoms in total. The number of likely N-dealkylation sites (tertiary alicyclic amines) is 1. The van der Waals surface area contributed by atoms with Crippen LogP contribution in [-0.2, 0) is 5.41 Å². The highest BCUT2D eigenvalue weighted by atomic mass is 35.5. The molecule has 1 heterocycles. The first-order valence-electron chi connectivity index (χ1n) is 7.46. The maximum Gasteiger partial charge on any atom is 0.407 e. The molecule has 2 bridgehead atoms. The summed E-state index contributed by atoms with van der Waals surface area (Å²) in [5, 5.41) is 10.5. The van der Waals surface area contributed by atoms with Gasteiger partial charge in [0.15, 0.2) is 0 Å². The number of rotatable bonds is 1. The number of fused-ring (bicyclic) bond motifs is 5. The summed E-state index contributed by atoms with van der Waals surface area (Å²) < 4.78 is 0. The van der Waals surface area contributed by atoms with Crippen LogP contribution < -0.4 is 0 Å². The van der Waals surface area contributed by atoms with E-state index in [4.69, 9.17) is 23.2 Å². The molecule has 0 aromatic heterocycles. The smallest absolute Gasteiger partial charge is 0.407 e. The fourth-order valence-corrected chi connectivity index (χ4v) is 5.52. The molecule has 0 spiro atoms. The summed E-state index contributed by atoms with van der Waals surface area (Å²) in [7, 11) is 0. The molecule has 1 saturated heterocycles. The lowest BCUT2D eigenvalue weighted by Gasteiger charge is -2.39. The van der Waals surface area contributed by atoms with Crippen LogP contribution in [0.25, 0.3) is 0 Å². The minimum Gasteiger partial charge on any atom is -0.465 e. The minimum atomic E-state index is -0.803. The molecule has 3 fully saturated rings. The summed E-state index contributed by atoms with van der Waals surface area (Å²) in [4.78, 5) is 13.0. The van der Waals surface area contributed by atoms with E-state index in [0.29, 0.717) is 40.9 Å². The maximum atomic E-state index is 11.4. The van der Waals surface area contributed by atoms with Crippen LogP contribution in [0.1, 0.15) is 24.8 Å². The Bertz CT molecular complexity index is 620. The number of hydrogen-bond donors (Lipinski definition) is 1. The number of amides is 1. The molecule has 1 aliphatic heterocycles. The number of hydrogen-bond acceptors (Lipinski definition) is 1. The van der Waals surface area contributed by atoms with E-state index in [1.807, 2.05) is 18.2 Å². The molecule has 1 aromatic carbocycles. The van der Waals surface area contributed by atoms with Crippen molar-refractivity contribution in [3.8, 4) is 0 Å². The average Bonchev–Trinajstić information content (AvgIpc) is 3.10. The van der Waals surface area contributed by atoms with Gasteiger partial charge in [-0.3, -0.25) is 0 Å². The quantitative estimate of drug-likeness (QED) is 0.837. The van der Waals surface area contributed by atoms with Gasteiger partial charge in [-0.2, -0.15) is 0 Å². The monoisotopic (exact) mass is 325 g/mol. The van der Waals surface area contributed by atoms with Gasteiger partial charge in [-0.05, 0) is 54.7 Å². The van der Waals surface area contributed by atoms with E-state index >= 15 is 0 Å². The predicted molar refractivity (Wildman–Crippen MR) is 82.1 cm³/mol. The Morgan fingerprint density at radius 2 is 2.10 bits per heavy atom. The second-order valence-corrected chi connectivity index (χ2v) is 7.52. The molecule has 4 rings (SSSR count). The lowest BCUT2D eigenvalue weighted by Crippen LogP contribution is -2.41. The van der Waals surface area contributed by atoms with E-state index in [1.54, 1.807) is 4.90 Å². The van der Waals surface area contributed by atoms with E-state index in [-0.39, 0.29) is 5.41 Å². The van der Waals surface area contributed by atoms with Crippen molar-refractivity contribution < 1.29 is 9.90 Å². The maximum absolute atomic E-state index is 11.4. The van der Waals surface area contributed by atoms with E-state index < -0.39 is 6.09 Å². The highest BCUT2D eigenvalue weighted by Gasteiger charge is 2.63. The third kappa shape index (κ3) is 1.77. The summed E-state index contributed by atoms with van der Waals surface area (Å²) in [5.41, 5.74) is 1.13. The molecule has 112 valence electrons. The van der Waals surface area contributed by atoms with Gasteiger partial charge in [0.2, 0.25) is 0 Å². The van der Waals surface area contributed by atoms with Crippen LogP contribution in [-0.4, -0.2) is 29.2 Å². The number of nitrogens with zero attached hydrogens (tertiary/aromatic N) is 1. The van der Waals surface area contributed by atoms with Crippen LogP contribution in [0.5, 0.6) is 0 Å². The summed E-state index contributed by atoms with van der Waals surface area (Å²) >= 11 is 12.3. The molecule has 1 aromatic rings. The van der Waals surface area contributed by atoms with E-state index in [1.165, 1.54) is 24.8 Å². The van der Waals surface area contributed by atoms with Gasteiger partial charge in [-0.15, -0.1) is 0 Å². The minimum absolute atomic E-state index is 0.0461. The van der Waals surface area contributed by atoms with Crippen LogP contribution in [0.4, 0.5) is 4.79 Å². The summed E-state index contributed by atoms with van der Waals surface area (Å²) in [6.07, 6.45) is 2.88. The van der Waals surface area contributed by atoms with E-state index in [9.17, 15) is 9.90 Å². The second-order valence-electron chi connectivity index (χ2n) is 6.71. The Balaban J connectivity index is 1.82. The molecule has 4 atom stereocenters. The number of benzene rings is 1. The first-order valence-corrected chi connectivity index (χ1v) is 8.21. The molecular weight excluding hydrogens is 309 g/mol. The number of halogens is 2. The van der Waals surface area contributed by atoms with Crippen molar-refractivity contribution in [1.82, 2.24) is 4.90 Å². The standard InChI is InChI=1S/C16H17Cl2NO2/c17-13-4-3-11(6-14(13)18)16-8-19(15(20)21)7-12(16)9-1-2-10(16)5-9/h3-4,6,9-10,12H,1-2,5,7-8H2,(H,20,21). The van der Waals surface area contributed by atoms with Gasteiger partial charge in [0.1, 0.15) is 0 Å². The lowest BCUT2D eigenvalue weighted by atomic mass is 9.64. The van der Waals surface area contributed by atoms with Gasteiger partial charge in [-0.1, -0.05) is 29.3 Å². The number of carboxylic acid groups (broad SMARTS) is 1. The first kappa shape index (κ1) is 13.7. The van der Waals surface area contributed by atoms with E-state index in [2.05, 4.69) is 0 Å². The molecule has 4 unspecified atom stereocenters. The van der Waals surface area contributed by atoms with Crippen molar-refractivity contribution in [3.05, 3.63) is 33.8 Å². The van der Waals surface area contributed by atoms with Crippen molar-refractivity contribution in [1.29, 1.82) is 0 Å². The summed E-state index contributed by atoms with van der Waals surface area (Å²) in [6.45, 7) is 1.27. The van der Waals surface area contributed by atoms with Crippen LogP contribution in [0.15, 0.2) is 18.2 Å². The molecule has 21 heavy (non-hydrogen) atoms. The molecule has 5 heteroatoms. The van der Waals surface area contributed by atoms with Crippen LogP contribution in [0.2, 0.25) is 10.0 Å². The van der Waals surface area contributed by atoms with Gasteiger partial charge in [0.25, 0.3) is 0 Å². The summed E-state index contributed by atoms with van der Waals surface area (Å²) in [6, 6.07) is 5.86. The third-order valence-electron chi connectivity index (χ3n) is 6.03. The van der Waals surface area contributed by atoms with Crippen molar-refractivity contribution >= 4 is 29.3 Å². The third-order valence-corrected chi connectivity index (χ3v) is 6.77. The van der Waals surface area contributed by atoms with Gasteiger partial charge >= 0.3 is 6.09 Å². The zero-order valence-corrected chi connectivity index (χ0v) is 13.1. The second kappa shape index (κ2) is 4.53. The molecule has 3 aliphatic rings. The predicted octanol–water partition coefficient (Wildman–Crippen LogP) is 4.27. The van der Waals surface area contributed by atoms with Crippen molar-refractivity contribution in [2.24, 2.45) is 17.8 Å². The largest absolute Gasteiger partial charge is 0.465 e. The fourth-order valence-electron chi connectivity index (χ4n) is 5.22. The molecule has 0 radical (unpaired) electrons. The Kier molecular flexibility index (Phi) is 2.96. The van der Waals surface area contributed by atoms with Gasteiger partial charge in [0.05, 0.1) is 10.0 Å². The zero-order chi connectivity index (χ0) is 14.8. The molecule has 2 saturated carbocycles. The molecular formula is C16H17Cl2NO2. The van der Waals surface area contributed by atoms with Crippen molar-refractivity contribution in [2.45, 2.75) is 24.7 Å². The van der Waals surface area contributed by atoms with Gasteiger partial charge < -0.3 is 10.0 Å². The van der Waals surface area contributed by atoms with Crippen LogP contribution in [0.3, 0.4) is 0 Å². The topological polar surface area (TPSA) is 40.5 Å². The Morgan fingerprint density at radius 1 is 1.29 bits per heavy atom. The Morgan fingerprint density at radius 3 is 2.81 bits per heavy atom. The van der Waals surface area contributed by atoms with Crippen molar-refractivity contribution in [2.75, 3.05) is 13.1 Å². The summed E-state index contributed by atoms with van der Waals surface area (Å²) in [5.74, 6) is 1.67. The lowest BCUT2D eigenvalue weighted by molar-refractivity contribution is 0.149. The zero-order valence-electron chi connectivity index (χ0n) is 11.6. The molecule has 1 N–H and O–H groups in total. The van der Waals surface area contributed by atoms with Crippen molar-refractivity contribution in [3.63, 3.8) is 0 Å². The highest BCUT2D eigenvalue weighted by Crippen LogP contribution is 2.63. The highest BCUT2D eigenvalue weighted by molar-refractivity contribution is 6.42. The fraction of sp³-hybridized carbons (Fsp3) is 0.562. The average molecular weight is 326 g/mol. The van der Waals surface area contributed by atoms with E-state index in [0.717, 1.165) is 0 Å². The van der Waals surface area contributed by atoms with Crippen LogP contribution in [0, 0.1) is 17.8 Å². The van der Waals surface area contributed by atoms with Crippen LogP contribution >= 0.6 is 23.2 Å². The first-order chi connectivity index (χ1) is 10.0. The Hall–Kier alpha value is -0.930. The molecule has 2 aliphatic carbocycles. The molecule has 1 amide bonds. The SMILES string of the molecule is O=C(O)N1CC2C3CCC(C3)C2(c2ccc(Cl)c(Cl)c2)C1. The Labute approximate surface area is 133 Å².